The molecule has 2 rings (SSSR count). The van der Waals surface area contributed by atoms with Gasteiger partial charge in [0.25, 0.3) is 0 Å². The van der Waals surface area contributed by atoms with Gasteiger partial charge in [-0.25, -0.2) is 0 Å². The number of aryl methyl sites for hydroxylation is 1. The lowest BCUT2D eigenvalue weighted by molar-refractivity contribution is 0.0967. The molecule has 0 saturated carbocycles. The van der Waals surface area contributed by atoms with E-state index < -0.39 is 5.60 Å². The fourth-order valence-corrected chi connectivity index (χ4v) is 1.69. The molecule has 0 amide bonds. The van der Waals surface area contributed by atoms with Crippen LogP contribution in [0.15, 0.2) is 36.5 Å². The number of aromatic nitrogens is 2. The Labute approximate surface area is 99.7 Å². The maximum atomic E-state index is 10.5. The molecule has 0 spiro atoms. The van der Waals surface area contributed by atoms with Gasteiger partial charge in [-0.2, -0.15) is 10.4 Å². The van der Waals surface area contributed by atoms with E-state index in [1.165, 1.54) is 0 Å². The van der Waals surface area contributed by atoms with Crippen LogP contribution in [-0.4, -0.2) is 14.9 Å². The first kappa shape index (κ1) is 11.4. The van der Waals surface area contributed by atoms with E-state index in [0.717, 1.165) is 5.56 Å². The van der Waals surface area contributed by atoms with Crippen LogP contribution >= 0.6 is 0 Å². The van der Waals surface area contributed by atoms with Crippen molar-refractivity contribution < 1.29 is 5.11 Å². The van der Waals surface area contributed by atoms with E-state index in [2.05, 4.69) is 5.10 Å². The summed E-state index contributed by atoms with van der Waals surface area (Å²) >= 11 is 0. The highest BCUT2D eigenvalue weighted by Gasteiger charge is 2.27. The molecule has 0 fully saturated rings. The fourth-order valence-electron chi connectivity index (χ4n) is 1.69. The molecule has 1 heterocycles. The Hall–Kier alpha value is -2.12. The minimum atomic E-state index is -1.14. The summed E-state index contributed by atoms with van der Waals surface area (Å²) in [6.07, 6.45) is 1.79. The van der Waals surface area contributed by atoms with E-state index in [1.54, 1.807) is 55.2 Å². The molecule has 1 N–H and O–H groups in total. The van der Waals surface area contributed by atoms with Gasteiger partial charge in [0, 0.05) is 13.2 Å². The summed E-state index contributed by atoms with van der Waals surface area (Å²) < 4.78 is 1.65. The third kappa shape index (κ3) is 2.05. The van der Waals surface area contributed by atoms with Gasteiger partial charge in [-0.05, 0) is 30.7 Å². The summed E-state index contributed by atoms with van der Waals surface area (Å²) in [4.78, 5) is 0. The fraction of sp³-hybridized carbons (Fsp3) is 0.231. The van der Waals surface area contributed by atoms with E-state index in [1.807, 2.05) is 6.07 Å². The lowest BCUT2D eigenvalue weighted by Gasteiger charge is -2.21. The first-order valence-electron chi connectivity index (χ1n) is 5.27. The summed E-state index contributed by atoms with van der Waals surface area (Å²) in [5.41, 5.74) is 0.736. The van der Waals surface area contributed by atoms with E-state index in [0.29, 0.717) is 11.3 Å². The zero-order valence-corrected chi connectivity index (χ0v) is 9.75. The van der Waals surface area contributed by atoms with Crippen LogP contribution < -0.4 is 0 Å². The second kappa shape index (κ2) is 4.04. The predicted octanol–water partition coefficient (Wildman–Crippen LogP) is 1.55. The molecule has 1 aromatic heterocycles. The normalized spacial score (nSPS) is 14.0. The highest BCUT2D eigenvalue weighted by atomic mass is 16.3. The molecule has 0 aliphatic heterocycles. The number of nitrogens with zero attached hydrogens (tertiary/aromatic N) is 3. The van der Waals surface area contributed by atoms with E-state index in [-0.39, 0.29) is 0 Å². The van der Waals surface area contributed by atoms with Gasteiger partial charge in [-0.3, -0.25) is 4.68 Å². The molecule has 1 unspecified atom stereocenters. The Morgan fingerprint density at radius 3 is 2.41 bits per heavy atom. The van der Waals surface area contributed by atoms with Gasteiger partial charge in [0.05, 0.1) is 17.3 Å². The highest BCUT2D eigenvalue weighted by Crippen LogP contribution is 2.27. The number of hydrogen-bond acceptors (Lipinski definition) is 3. The van der Waals surface area contributed by atoms with Crippen molar-refractivity contribution in [2.24, 2.45) is 7.05 Å². The number of nitriles is 1. The summed E-state index contributed by atoms with van der Waals surface area (Å²) in [6.45, 7) is 1.69. The van der Waals surface area contributed by atoms with Crippen LogP contribution in [0, 0.1) is 11.3 Å². The van der Waals surface area contributed by atoms with Gasteiger partial charge in [0.15, 0.2) is 0 Å². The zero-order chi connectivity index (χ0) is 12.5. The van der Waals surface area contributed by atoms with Crippen molar-refractivity contribution in [3.63, 3.8) is 0 Å². The smallest absolute Gasteiger partial charge is 0.130 e. The van der Waals surface area contributed by atoms with Crippen LogP contribution in [0.5, 0.6) is 0 Å². The summed E-state index contributed by atoms with van der Waals surface area (Å²) in [7, 11) is 1.80. The van der Waals surface area contributed by atoms with E-state index >= 15 is 0 Å². The standard InChI is InChI=1S/C13H13N3O/c1-13(17,12-7-8-16(2)15-12)11-5-3-10(9-14)4-6-11/h3-8,17H,1-2H3. The number of rotatable bonds is 2. The van der Waals surface area contributed by atoms with Crippen molar-refractivity contribution in [1.29, 1.82) is 5.26 Å². The lowest BCUT2D eigenvalue weighted by atomic mass is 9.92. The molecule has 4 heteroatoms. The number of benzene rings is 1. The predicted molar refractivity (Wildman–Crippen MR) is 63.0 cm³/mol. The molecule has 1 aromatic carbocycles. The Bertz CT molecular complexity index is 561. The molecule has 86 valence electrons. The molecule has 0 bridgehead atoms. The van der Waals surface area contributed by atoms with Crippen molar-refractivity contribution in [3.05, 3.63) is 53.3 Å². The van der Waals surface area contributed by atoms with Gasteiger partial charge < -0.3 is 5.11 Å². The largest absolute Gasteiger partial charge is 0.379 e. The van der Waals surface area contributed by atoms with Crippen molar-refractivity contribution in [3.8, 4) is 6.07 Å². The van der Waals surface area contributed by atoms with Crippen LogP contribution in [0.25, 0.3) is 0 Å². The quantitative estimate of drug-likeness (QED) is 0.846. The lowest BCUT2D eigenvalue weighted by Crippen LogP contribution is -2.23. The van der Waals surface area contributed by atoms with Crippen molar-refractivity contribution >= 4 is 0 Å². The average molecular weight is 227 g/mol. The SMILES string of the molecule is Cn1ccc(C(C)(O)c2ccc(C#N)cc2)n1. The Kier molecular flexibility index (Phi) is 2.70. The van der Waals surface area contributed by atoms with Crippen LogP contribution in [0.1, 0.15) is 23.7 Å². The van der Waals surface area contributed by atoms with Gasteiger partial charge in [0.1, 0.15) is 5.60 Å². The monoisotopic (exact) mass is 227 g/mol. The average Bonchev–Trinajstić information content (AvgIpc) is 2.77. The van der Waals surface area contributed by atoms with Gasteiger partial charge in [0.2, 0.25) is 0 Å². The van der Waals surface area contributed by atoms with Crippen LogP contribution in [0.3, 0.4) is 0 Å². The van der Waals surface area contributed by atoms with Crippen LogP contribution in [-0.2, 0) is 12.6 Å². The molecule has 4 nitrogen and oxygen atoms in total. The van der Waals surface area contributed by atoms with Crippen molar-refractivity contribution in [2.75, 3.05) is 0 Å². The molecule has 0 aliphatic carbocycles. The molecular formula is C13H13N3O. The first-order chi connectivity index (χ1) is 8.04. The molecule has 0 saturated heterocycles. The second-order valence-corrected chi connectivity index (χ2v) is 4.14. The molecule has 0 radical (unpaired) electrons. The summed E-state index contributed by atoms with van der Waals surface area (Å²) in [5.74, 6) is 0. The Morgan fingerprint density at radius 2 is 1.94 bits per heavy atom. The van der Waals surface area contributed by atoms with Gasteiger partial charge >= 0.3 is 0 Å². The minimum Gasteiger partial charge on any atom is -0.379 e. The highest BCUT2D eigenvalue weighted by molar-refractivity contribution is 5.37. The minimum absolute atomic E-state index is 0.575. The molecule has 2 aromatic rings. The van der Waals surface area contributed by atoms with Crippen molar-refractivity contribution in [1.82, 2.24) is 9.78 Å². The summed E-state index contributed by atoms with van der Waals surface area (Å²) in [5, 5.41) is 23.4. The van der Waals surface area contributed by atoms with Crippen LogP contribution in [0.2, 0.25) is 0 Å². The molecule has 0 aliphatic rings. The van der Waals surface area contributed by atoms with E-state index in [4.69, 9.17) is 5.26 Å². The number of hydrogen-bond donors (Lipinski definition) is 1. The summed E-state index contributed by atoms with van der Waals surface area (Å²) in [6, 6.07) is 10.7. The maximum Gasteiger partial charge on any atom is 0.130 e. The van der Waals surface area contributed by atoms with Crippen molar-refractivity contribution in [2.45, 2.75) is 12.5 Å². The molecular weight excluding hydrogens is 214 g/mol. The number of aliphatic hydroxyl groups is 1. The van der Waals surface area contributed by atoms with Gasteiger partial charge in [-0.15, -0.1) is 0 Å². The van der Waals surface area contributed by atoms with Gasteiger partial charge in [-0.1, -0.05) is 12.1 Å². The zero-order valence-electron chi connectivity index (χ0n) is 9.75. The molecule has 1 atom stereocenters. The third-order valence-electron chi connectivity index (χ3n) is 2.79. The first-order valence-corrected chi connectivity index (χ1v) is 5.27. The van der Waals surface area contributed by atoms with E-state index in [9.17, 15) is 5.11 Å². The second-order valence-electron chi connectivity index (χ2n) is 4.14. The molecule has 17 heavy (non-hydrogen) atoms. The topological polar surface area (TPSA) is 61.8 Å². The third-order valence-corrected chi connectivity index (χ3v) is 2.79. The Balaban J connectivity index is 2.41. The van der Waals surface area contributed by atoms with Crippen LogP contribution in [0.4, 0.5) is 0 Å². The maximum absolute atomic E-state index is 10.5. The Morgan fingerprint density at radius 1 is 1.29 bits per heavy atom.